The maximum atomic E-state index is 10.3. The summed E-state index contributed by atoms with van der Waals surface area (Å²) in [4.78, 5) is 0. The molecule has 0 saturated heterocycles. The van der Waals surface area contributed by atoms with Crippen LogP contribution in [0.1, 0.15) is 54.9 Å². The highest BCUT2D eigenvalue weighted by molar-refractivity contribution is 5.30. The Balaban J connectivity index is 2.11. The Kier molecular flexibility index (Phi) is 4.41. The molecular formula is C16H24O2. The highest BCUT2D eigenvalue weighted by Gasteiger charge is 2.28. The second-order valence-corrected chi connectivity index (χ2v) is 5.75. The second kappa shape index (κ2) is 5.85. The summed E-state index contributed by atoms with van der Waals surface area (Å²) in [5.41, 5.74) is 3.13. The van der Waals surface area contributed by atoms with Crippen molar-refractivity contribution in [3.8, 4) is 0 Å². The van der Waals surface area contributed by atoms with E-state index in [2.05, 4.69) is 6.07 Å². The Bertz CT molecular complexity index is 374. The Morgan fingerprint density at radius 1 is 0.944 bits per heavy atom. The summed E-state index contributed by atoms with van der Waals surface area (Å²) >= 11 is 0. The van der Waals surface area contributed by atoms with Gasteiger partial charge in [-0.15, -0.1) is 0 Å². The molecule has 0 aromatic heterocycles. The molecule has 1 aromatic carbocycles. The maximum absolute atomic E-state index is 10.3. The van der Waals surface area contributed by atoms with E-state index in [4.69, 9.17) is 0 Å². The number of aliphatic hydroxyl groups is 2. The van der Waals surface area contributed by atoms with Crippen LogP contribution in [-0.2, 0) is 0 Å². The van der Waals surface area contributed by atoms with Crippen LogP contribution in [-0.4, -0.2) is 16.3 Å². The molecule has 100 valence electrons. The minimum absolute atomic E-state index is 0.259. The van der Waals surface area contributed by atoms with Crippen LogP contribution in [0.2, 0.25) is 0 Å². The first-order chi connectivity index (χ1) is 8.58. The van der Waals surface area contributed by atoms with Gasteiger partial charge in [0, 0.05) is 0 Å². The standard InChI is InChI=1S/C16H24O2/c1-11-8-12(2)10-14(9-11)16(18)15(17)13-6-4-3-5-7-13/h8-10,13,15-18H,3-7H2,1-2H3. The average molecular weight is 248 g/mol. The molecule has 2 unspecified atom stereocenters. The summed E-state index contributed by atoms with van der Waals surface area (Å²) in [6.07, 6.45) is 4.36. The lowest BCUT2D eigenvalue weighted by molar-refractivity contribution is -0.0286. The lowest BCUT2D eigenvalue weighted by Crippen LogP contribution is -2.29. The quantitative estimate of drug-likeness (QED) is 0.862. The van der Waals surface area contributed by atoms with Gasteiger partial charge in [-0.05, 0) is 38.2 Å². The second-order valence-electron chi connectivity index (χ2n) is 5.75. The van der Waals surface area contributed by atoms with Gasteiger partial charge in [-0.25, -0.2) is 0 Å². The summed E-state index contributed by atoms with van der Waals surface area (Å²) in [7, 11) is 0. The third kappa shape index (κ3) is 3.12. The van der Waals surface area contributed by atoms with Crippen molar-refractivity contribution in [2.45, 2.75) is 58.2 Å². The van der Waals surface area contributed by atoms with Gasteiger partial charge >= 0.3 is 0 Å². The Hall–Kier alpha value is -0.860. The molecule has 18 heavy (non-hydrogen) atoms. The predicted molar refractivity (Wildman–Crippen MR) is 73.5 cm³/mol. The molecule has 0 spiro atoms. The monoisotopic (exact) mass is 248 g/mol. The molecule has 2 atom stereocenters. The lowest BCUT2D eigenvalue weighted by atomic mass is 9.82. The first-order valence-corrected chi connectivity index (χ1v) is 7.02. The normalized spacial score (nSPS) is 20.7. The van der Waals surface area contributed by atoms with Gasteiger partial charge in [0.2, 0.25) is 0 Å². The van der Waals surface area contributed by atoms with Gasteiger partial charge in [0.15, 0.2) is 0 Å². The van der Waals surface area contributed by atoms with Gasteiger partial charge in [-0.3, -0.25) is 0 Å². The van der Waals surface area contributed by atoms with Crippen molar-refractivity contribution in [1.29, 1.82) is 0 Å². The van der Waals surface area contributed by atoms with E-state index in [-0.39, 0.29) is 5.92 Å². The molecule has 0 amide bonds. The summed E-state index contributed by atoms with van der Waals surface area (Å²) in [5.74, 6) is 0.259. The van der Waals surface area contributed by atoms with Crippen LogP contribution in [0.3, 0.4) is 0 Å². The molecule has 2 nitrogen and oxygen atoms in total. The summed E-state index contributed by atoms with van der Waals surface area (Å²) in [6, 6.07) is 6.04. The largest absolute Gasteiger partial charge is 0.390 e. The molecule has 2 rings (SSSR count). The third-order valence-electron chi connectivity index (χ3n) is 4.04. The van der Waals surface area contributed by atoms with Gasteiger partial charge in [-0.1, -0.05) is 48.6 Å². The zero-order chi connectivity index (χ0) is 13.1. The molecule has 2 N–H and O–H groups in total. The molecule has 1 saturated carbocycles. The molecule has 0 heterocycles. The van der Waals surface area contributed by atoms with E-state index in [1.54, 1.807) is 0 Å². The van der Waals surface area contributed by atoms with Crippen molar-refractivity contribution >= 4 is 0 Å². The minimum atomic E-state index is -0.744. The van der Waals surface area contributed by atoms with Crippen molar-refractivity contribution in [2.75, 3.05) is 0 Å². The van der Waals surface area contributed by atoms with E-state index in [0.717, 1.165) is 29.5 Å². The number of hydrogen-bond acceptors (Lipinski definition) is 2. The first kappa shape index (κ1) is 13.6. The van der Waals surface area contributed by atoms with E-state index >= 15 is 0 Å². The molecule has 1 aromatic rings. The van der Waals surface area contributed by atoms with Crippen LogP contribution in [0.25, 0.3) is 0 Å². The smallest absolute Gasteiger partial charge is 0.105 e. The Morgan fingerprint density at radius 2 is 1.50 bits per heavy atom. The molecular weight excluding hydrogens is 224 g/mol. The molecule has 2 heteroatoms. The maximum Gasteiger partial charge on any atom is 0.105 e. The molecule has 0 bridgehead atoms. The lowest BCUT2D eigenvalue weighted by Gasteiger charge is -2.30. The summed E-state index contributed by atoms with van der Waals surface area (Å²) < 4.78 is 0. The van der Waals surface area contributed by atoms with Gasteiger partial charge in [0.05, 0.1) is 6.10 Å². The molecule has 0 aliphatic heterocycles. The number of rotatable bonds is 3. The van der Waals surface area contributed by atoms with Gasteiger partial charge in [0.1, 0.15) is 6.10 Å². The Labute approximate surface area is 110 Å². The topological polar surface area (TPSA) is 40.5 Å². The SMILES string of the molecule is Cc1cc(C)cc(C(O)C(O)C2CCCCC2)c1. The number of hydrogen-bond donors (Lipinski definition) is 2. The predicted octanol–water partition coefficient (Wildman–Crippen LogP) is 3.28. The molecule has 0 radical (unpaired) electrons. The third-order valence-corrected chi connectivity index (χ3v) is 4.04. The highest BCUT2D eigenvalue weighted by atomic mass is 16.3. The van der Waals surface area contributed by atoms with Crippen LogP contribution in [0.5, 0.6) is 0 Å². The van der Waals surface area contributed by atoms with Crippen LogP contribution in [0.15, 0.2) is 18.2 Å². The van der Waals surface area contributed by atoms with Gasteiger partial charge in [-0.2, -0.15) is 0 Å². The van der Waals surface area contributed by atoms with Crippen LogP contribution in [0, 0.1) is 19.8 Å². The number of aryl methyl sites for hydroxylation is 2. The van der Waals surface area contributed by atoms with Crippen molar-refractivity contribution in [3.05, 3.63) is 34.9 Å². The average Bonchev–Trinajstić information content (AvgIpc) is 2.37. The van der Waals surface area contributed by atoms with E-state index in [1.807, 2.05) is 26.0 Å². The zero-order valence-electron chi connectivity index (χ0n) is 11.4. The number of aliphatic hydroxyl groups excluding tert-OH is 2. The van der Waals surface area contributed by atoms with Crippen molar-refractivity contribution in [2.24, 2.45) is 5.92 Å². The fourth-order valence-electron chi connectivity index (χ4n) is 3.11. The van der Waals surface area contributed by atoms with Crippen molar-refractivity contribution in [3.63, 3.8) is 0 Å². The summed E-state index contributed by atoms with van der Waals surface area (Å²) in [6.45, 7) is 4.05. The van der Waals surface area contributed by atoms with Gasteiger partial charge < -0.3 is 10.2 Å². The van der Waals surface area contributed by atoms with E-state index in [9.17, 15) is 10.2 Å². The number of benzene rings is 1. The van der Waals surface area contributed by atoms with E-state index in [0.29, 0.717) is 0 Å². The van der Waals surface area contributed by atoms with Crippen molar-refractivity contribution in [1.82, 2.24) is 0 Å². The zero-order valence-corrected chi connectivity index (χ0v) is 11.4. The molecule has 1 aliphatic rings. The highest BCUT2D eigenvalue weighted by Crippen LogP contribution is 2.32. The van der Waals surface area contributed by atoms with Crippen LogP contribution >= 0.6 is 0 Å². The van der Waals surface area contributed by atoms with Gasteiger partial charge in [0.25, 0.3) is 0 Å². The fraction of sp³-hybridized carbons (Fsp3) is 0.625. The van der Waals surface area contributed by atoms with E-state index < -0.39 is 12.2 Å². The Morgan fingerprint density at radius 3 is 2.06 bits per heavy atom. The molecule has 1 aliphatic carbocycles. The summed E-state index contributed by atoms with van der Waals surface area (Å²) in [5, 5.41) is 20.7. The van der Waals surface area contributed by atoms with Crippen molar-refractivity contribution < 1.29 is 10.2 Å². The minimum Gasteiger partial charge on any atom is -0.390 e. The van der Waals surface area contributed by atoms with Crippen LogP contribution < -0.4 is 0 Å². The van der Waals surface area contributed by atoms with Crippen LogP contribution in [0.4, 0.5) is 0 Å². The molecule has 1 fully saturated rings. The first-order valence-electron chi connectivity index (χ1n) is 7.02. The fourth-order valence-corrected chi connectivity index (χ4v) is 3.11. The van der Waals surface area contributed by atoms with E-state index in [1.165, 1.54) is 19.3 Å².